The first kappa shape index (κ1) is 13.9. The zero-order valence-corrected chi connectivity index (χ0v) is 11.7. The second kappa shape index (κ2) is 5.63. The van der Waals surface area contributed by atoms with Crippen LogP contribution in [0.15, 0.2) is 35.1 Å². The average Bonchev–Trinajstić information content (AvgIpc) is 2.83. The molecule has 0 aliphatic rings. The van der Waals surface area contributed by atoms with Crippen LogP contribution in [0.1, 0.15) is 18.2 Å². The van der Waals surface area contributed by atoms with Crippen LogP contribution in [0.25, 0.3) is 0 Å². The highest BCUT2D eigenvalue weighted by Gasteiger charge is 2.16. The maximum atomic E-state index is 11.8. The molecule has 0 bridgehead atoms. The Bertz CT molecular complexity index is 652. The Kier molecular flexibility index (Phi) is 4.11. The first-order chi connectivity index (χ1) is 9.00. The van der Waals surface area contributed by atoms with Gasteiger partial charge in [0, 0.05) is 11.1 Å². The number of aryl methyl sites for hydroxylation is 1. The molecule has 0 spiro atoms. The number of aromatic nitrogens is 1. The van der Waals surface area contributed by atoms with Gasteiger partial charge in [-0.3, -0.25) is 0 Å². The van der Waals surface area contributed by atoms with Crippen LogP contribution in [0.2, 0.25) is 5.02 Å². The second-order valence-electron chi connectivity index (χ2n) is 3.88. The van der Waals surface area contributed by atoms with Crippen LogP contribution in [0.5, 0.6) is 5.75 Å². The molecule has 1 aromatic heterocycles. The SMILES string of the molecule is CCc1cc(OS(=O)(=O)Cc2ccon2)ccc1Cl. The third-order valence-corrected chi connectivity index (χ3v) is 3.90. The molecule has 0 N–H and O–H groups in total. The third kappa shape index (κ3) is 3.71. The van der Waals surface area contributed by atoms with Crippen LogP contribution >= 0.6 is 11.6 Å². The van der Waals surface area contributed by atoms with Gasteiger partial charge in [0.05, 0.1) is 0 Å². The van der Waals surface area contributed by atoms with Crippen LogP contribution < -0.4 is 4.18 Å². The molecular weight excluding hydrogens is 290 g/mol. The quantitative estimate of drug-likeness (QED) is 0.794. The van der Waals surface area contributed by atoms with E-state index in [1.165, 1.54) is 18.4 Å². The van der Waals surface area contributed by atoms with Crippen LogP contribution in [0, 0.1) is 0 Å². The van der Waals surface area contributed by atoms with Crippen LogP contribution in [0.3, 0.4) is 0 Å². The summed E-state index contributed by atoms with van der Waals surface area (Å²) in [5, 5.41) is 4.12. The van der Waals surface area contributed by atoms with Crippen molar-refractivity contribution >= 4 is 21.7 Å². The molecule has 0 aliphatic heterocycles. The van der Waals surface area contributed by atoms with E-state index < -0.39 is 10.1 Å². The van der Waals surface area contributed by atoms with Crippen LogP contribution in [-0.2, 0) is 22.3 Å². The molecule has 19 heavy (non-hydrogen) atoms. The molecule has 7 heteroatoms. The summed E-state index contributed by atoms with van der Waals surface area (Å²) in [5.74, 6) is -0.0992. The van der Waals surface area contributed by atoms with Gasteiger partial charge in [-0.25, -0.2) is 0 Å². The predicted molar refractivity (Wildman–Crippen MR) is 70.6 cm³/mol. The Hall–Kier alpha value is -1.53. The smallest absolute Gasteiger partial charge is 0.315 e. The molecule has 5 nitrogen and oxygen atoms in total. The van der Waals surface area contributed by atoms with Crippen molar-refractivity contribution in [2.45, 2.75) is 19.1 Å². The summed E-state index contributed by atoms with van der Waals surface area (Å²) in [6, 6.07) is 6.21. The van der Waals surface area contributed by atoms with Gasteiger partial charge in [0.25, 0.3) is 0 Å². The monoisotopic (exact) mass is 301 g/mol. The van der Waals surface area contributed by atoms with E-state index in [-0.39, 0.29) is 11.5 Å². The van der Waals surface area contributed by atoms with Crippen LogP contribution in [-0.4, -0.2) is 13.6 Å². The summed E-state index contributed by atoms with van der Waals surface area (Å²) in [7, 11) is -3.76. The van der Waals surface area contributed by atoms with E-state index in [1.807, 2.05) is 6.92 Å². The predicted octanol–water partition coefficient (Wildman–Crippen LogP) is 2.80. The summed E-state index contributed by atoms with van der Waals surface area (Å²) in [6.07, 6.45) is 2.00. The van der Waals surface area contributed by atoms with Gasteiger partial charge in [-0.05, 0) is 30.2 Å². The minimum Gasteiger partial charge on any atom is -0.382 e. The molecule has 0 radical (unpaired) electrons. The summed E-state index contributed by atoms with van der Waals surface area (Å²) in [4.78, 5) is 0. The highest BCUT2D eigenvalue weighted by Crippen LogP contribution is 2.24. The number of benzene rings is 1. The van der Waals surface area contributed by atoms with Crippen molar-refractivity contribution in [1.82, 2.24) is 5.16 Å². The highest BCUT2D eigenvalue weighted by molar-refractivity contribution is 7.86. The summed E-state index contributed by atoms with van der Waals surface area (Å²) in [5.41, 5.74) is 1.13. The Morgan fingerprint density at radius 2 is 2.16 bits per heavy atom. The molecule has 2 rings (SSSR count). The molecule has 102 valence electrons. The fourth-order valence-corrected chi connectivity index (χ4v) is 2.76. The first-order valence-electron chi connectivity index (χ1n) is 5.60. The van der Waals surface area contributed by atoms with Crippen molar-refractivity contribution in [2.24, 2.45) is 0 Å². The van der Waals surface area contributed by atoms with E-state index in [9.17, 15) is 8.42 Å². The molecule has 0 aliphatic carbocycles. The Balaban J connectivity index is 2.16. The second-order valence-corrected chi connectivity index (χ2v) is 5.86. The number of nitrogens with zero attached hydrogens (tertiary/aromatic N) is 1. The molecule has 0 fully saturated rings. The van der Waals surface area contributed by atoms with Crippen molar-refractivity contribution in [3.8, 4) is 5.75 Å². The van der Waals surface area contributed by atoms with Gasteiger partial charge in [0.1, 0.15) is 23.5 Å². The fraction of sp³-hybridized carbons (Fsp3) is 0.250. The maximum absolute atomic E-state index is 11.8. The van der Waals surface area contributed by atoms with Gasteiger partial charge in [-0.15, -0.1) is 0 Å². The number of hydrogen-bond donors (Lipinski definition) is 0. The van der Waals surface area contributed by atoms with Gasteiger partial charge in [-0.1, -0.05) is 23.7 Å². The molecule has 1 heterocycles. The van der Waals surface area contributed by atoms with Crippen molar-refractivity contribution in [1.29, 1.82) is 0 Å². The molecule has 2 aromatic rings. The highest BCUT2D eigenvalue weighted by atomic mass is 35.5. The minimum absolute atomic E-state index is 0.241. The molecule has 0 atom stereocenters. The van der Waals surface area contributed by atoms with Gasteiger partial charge in [-0.2, -0.15) is 8.42 Å². The Labute approximate surface area is 116 Å². The Morgan fingerprint density at radius 3 is 2.79 bits per heavy atom. The number of halogens is 1. The molecular formula is C12H12ClNO4S. The minimum atomic E-state index is -3.76. The van der Waals surface area contributed by atoms with Gasteiger partial charge in [0.15, 0.2) is 0 Å². The van der Waals surface area contributed by atoms with Gasteiger partial charge >= 0.3 is 10.1 Å². The summed E-state index contributed by atoms with van der Waals surface area (Å²) >= 11 is 5.96. The first-order valence-corrected chi connectivity index (χ1v) is 7.55. The lowest BCUT2D eigenvalue weighted by Crippen LogP contribution is -2.12. The van der Waals surface area contributed by atoms with Crippen molar-refractivity contribution in [2.75, 3.05) is 0 Å². The van der Waals surface area contributed by atoms with Crippen molar-refractivity contribution in [3.63, 3.8) is 0 Å². The lowest BCUT2D eigenvalue weighted by molar-refractivity contribution is 0.412. The number of rotatable bonds is 5. The van der Waals surface area contributed by atoms with E-state index in [0.717, 1.165) is 5.56 Å². The van der Waals surface area contributed by atoms with E-state index in [2.05, 4.69) is 9.68 Å². The molecule has 1 aromatic carbocycles. The molecule has 0 unspecified atom stereocenters. The number of hydrogen-bond acceptors (Lipinski definition) is 5. The van der Waals surface area contributed by atoms with Crippen molar-refractivity contribution in [3.05, 3.63) is 46.8 Å². The fourth-order valence-electron chi connectivity index (χ4n) is 1.54. The van der Waals surface area contributed by atoms with E-state index >= 15 is 0 Å². The lowest BCUT2D eigenvalue weighted by Gasteiger charge is -2.08. The normalized spacial score (nSPS) is 11.5. The maximum Gasteiger partial charge on any atom is 0.315 e. The van der Waals surface area contributed by atoms with E-state index in [4.69, 9.17) is 15.8 Å². The summed E-state index contributed by atoms with van der Waals surface area (Å²) in [6.45, 7) is 1.93. The van der Waals surface area contributed by atoms with Gasteiger partial charge < -0.3 is 8.71 Å². The lowest BCUT2D eigenvalue weighted by atomic mass is 10.2. The summed E-state index contributed by atoms with van der Waals surface area (Å²) < 4.78 is 33.2. The molecule has 0 saturated carbocycles. The topological polar surface area (TPSA) is 69.4 Å². The van der Waals surface area contributed by atoms with Crippen LogP contribution in [0.4, 0.5) is 0 Å². The van der Waals surface area contributed by atoms with Crippen molar-refractivity contribution < 1.29 is 17.1 Å². The van der Waals surface area contributed by atoms with Gasteiger partial charge in [0.2, 0.25) is 0 Å². The standard InChI is InChI=1S/C12H12ClNO4S/c1-2-9-7-11(3-4-12(9)13)18-19(15,16)8-10-5-6-17-14-10/h3-7H,2,8H2,1H3. The molecule has 0 amide bonds. The Morgan fingerprint density at radius 1 is 1.37 bits per heavy atom. The van der Waals surface area contributed by atoms with E-state index in [1.54, 1.807) is 12.1 Å². The zero-order chi connectivity index (χ0) is 13.9. The molecule has 0 saturated heterocycles. The third-order valence-electron chi connectivity index (χ3n) is 2.44. The zero-order valence-electron chi connectivity index (χ0n) is 10.2. The van der Waals surface area contributed by atoms with E-state index in [0.29, 0.717) is 17.1 Å². The largest absolute Gasteiger partial charge is 0.382 e. The average molecular weight is 302 g/mol.